The number of primary amides is 1. The second-order valence-electron chi connectivity index (χ2n) is 5.78. The van der Waals surface area contributed by atoms with E-state index in [4.69, 9.17) is 17.3 Å². The van der Waals surface area contributed by atoms with Gasteiger partial charge in [0.05, 0.1) is 0 Å². The van der Waals surface area contributed by atoms with Crippen LogP contribution in [0.1, 0.15) is 46.5 Å². The van der Waals surface area contributed by atoms with E-state index in [-0.39, 0.29) is 5.91 Å². The Hall–Kier alpha value is -0.240. The molecule has 0 radical (unpaired) electrons. The van der Waals surface area contributed by atoms with Crippen LogP contribution in [0.5, 0.6) is 0 Å². The van der Waals surface area contributed by atoms with E-state index in [0.717, 1.165) is 18.8 Å². The van der Waals surface area contributed by atoms with Gasteiger partial charge in [0.15, 0.2) is 0 Å². The summed E-state index contributed by atoms with van der Waals surface area (Å²) in [5, 5.41) is -0.467. The lowest BCUT2D eigenvalue weighted by atomic mass is 9.69. The average molecular weight is 232 g/mol. The van der Waals surface area contributed by atoms with Gasteiger partial charge in [0.1, 0.15) is 5.38 Å². The molecule has 1 unspecified atom stereocenters. The summed E-state index contributed by atoms with van der Waals surface area (Å²) in [5.74, 6) is 0.684. The third kappa shape index (κ3) is 3.37. The quantitative estimate of drug-likeness (QED) is 0.730. The van der Waals surface area contributed by atoms with Gasteiger partial charge in [-0.2, -0.15) is 0 Å². The van der Waals surface area contributed by atoms with Gasteiger partial charge in [-0.15, -0.1) is 11.6 Å². The van der Waals surface area contributed by atoms with Gasteiger partial charge >= 0.3 is 0 Å². The lowest BCUT2D eigenvalue weighted by Crippen LogP contribution is -2.35. The second-order valence-corrected chi connectivity index (χ2v) is 6.25. The smallest absolute Gasteiger partial charge is 0.235 e. The molecule has 0 bridgehead atoms. The molecule has 1 atom stereocenters. The summed E-state index contributed by atoms with van der Waals surface area (Å²) in [5.41, 5.74) is 5.59. The van der Waals surface area contributed by atoms with Crippen LogP contribution in [0.25, 0.3) is 0 Å². The van der Waals surface area contributed by atoms with Gasteiger partial charge in [-0.05, 0) is 42.9 Å². The topological polar surface area (TPSA) is 43.1 Å². The van der Waals surface area contributed by atoms with Crippen molar-refractivity contribution in [2.45, 2.75) is 51.8 Å². The minimum atomic E-state index is -0.467. The number of hydrogen-bond donors (Lipinski definition) is 1. The number of hydrogen-bond acceptors (Lipinski definition) is 1. The summed E-state index contributed by atoms with van der Waals surface area (Å²) in [4.78, 5) is 11.0. The molecular weight excluding hydrogens is 210 g/mol. The molecule has 0 aromatic rings. The molecule has 1 amide bonds. The van der Waals surface area contributed by atoms with Crippen molar-refractivity contribution in [3.8, 4) is 0 Å². The van der Waals surface area contributed by atoms with Crippen molar-refractivity contribution in [2.24, 2.45) is 23.0 Å². The van der Waals surface area contributed by atoms with E-state index in [2.05, 4.69) is 20.8 Å². The molecule has 0 heterocycles. The van der Waals surface area contributed by atoms with Gasteiger partial charge in [0.2, 0.25) is 5.91 Å². The number of halogens is 1. The molecule has 1 saturated carbocycles. The van der Waals surface area contributed by atoms with E-state index in [0.29, 0.717) is 11.3 Å². The van der Waals surface area contributed by atoms with Gasteiger partial charge in [0.25, 0.3) is 0 Å². The fourth-order valence-corrected chi connectivity index (χ4v) is 2.76. The summed E-state index contributed by atoms with van der Waals surface area (Å²) < 4.78 is 0. The summed E-state index contributed by atoms with van der Waals surface area (Å²) in [6.07, 6.45) is 4.42. The third-order valence-corrected chi connectivity index (χ3v) is 4.25. The summed E-state index contributed by atoms with van der Waals surface area (Å²) >= 11 is 5.98. The third-order valence-electron chi connectivity index (χ3n) is 3.68. The normalized spacial score (nSPS) is 29.9. The zero-order valence-electron chi connectivity index (χ0n) is 9.92. The first-order valence-corrected chi connectivity index (χ1v) is 6.19. The Bertz CT molecular complexity index is 226. The predicted molar refractivity (Wildman–Crippen MR) is 63.7 cm³/mol. The van der Waals surface area contributed by atoms with Crippen molar-refractivity contribution in [3.05, 3.63) is 0 Å². The van der Waals surface area contributed by atoms with Crippen LogP contribution in [0.15, 0.2) is 0 Å². The molecule has 1 fully saturated rings. The molecule has 2 nitrogen and oxygen atoms in total. The lowest BCUT2D eigenvalue weighted by Gasteiger charge is -2.37. The Morgan fingerprint density at radius 3 is 2.07 bits per heavy atom. The summed E-state index contributed by atoms with van der Waals surface area (Å²) in [6, 6.07) is 0. The van der Waals surface area contributed by atoms with Crippen LogP contribution in [0, 0.1) is 17.3 Å². The Kier molecular flexibility index (Phi) is 4.05. The van der Waals surface area contributed by atoms with Crippen molar-refractivity contribution in [1.29, 1.82) is 0 Å². The molecule has 0 saturated heterocycles. The van der Waals surface area contributed by atoms with Crippen molar-refractivity contribution in [3.63, 3.8) is 0 Å². The highest BCUT2D eigenvalue weighted by atomic mass is 35.5. The highest BCUT2D eigenvalue weighted by Gasteiger charge is 2.33. The van der Waals surface area contributed by atoms with Gasteiger partial charge < -0.3 is 5.73 Å². The summed E-state index contributed by atoms with van der Waals surface area (Å²) in [6.45, 7) is 6.85. The van der Waals surface area contributed by atoms with Crippen LogP contribution >= 0.6 is 11.6 Å². The van der Waals surface area contributed by atoms with Gasteiger partial charge in [-0.3, -0.25) is 4.79 Å². The predicted octanol–water partition coefficient (Wildman–Crippen LogP) is 2.93. The number of rotatable bonds is 2. The average Bonchev–Trinajstić information content (AvgIpc) is 2.15. The Balaban J connectivity index is 2.46. The zero-order chi connectivity index (χ0) is 11.6. The molecular formula is C12H22ClNO. The maximum absolute atomic E-state index is 11.0. The molecule has 1 aliphatic rings. The maximum atomic E-state index is 11.0. The van der Waals surface area contributed by atoms with Crippen LogP contribution < -0.4 is 5.73 Å². The largest absolute Gasteiger partial charge is 0.368 e. The minimum Gasteiger partial charge on any atom is -0.368 e. The first kappa shape index (κ1) is 12.8. The fraction of sp³-hybridized carbons (Fsp3) is 0.917. The Morgan fingerprint density at radius 2 is 1.73 bits per heavy atom. The zero-order valence-corrected chi connectivity index (χ0v) is 10.7. The molecule has 0 aromatic carbocycles. The molecule has 0 spiro atoms. The van der Waals surface area contributed by atoms with E-state index >= 15 is 0 Å². The molecule has 2 N–H and O–H groups in total. The van der Waals surface area contributed by atoms with Crippen LogP contribution in [0.4, 0.5) is 0 Å². The molecule has 88 valence electrons. The first-order valence-electron chi connectivity index (χ1n) is 5.75. The van der Waals surface area contributed by atoms with E-state index in [1.807, 2.05) is 0 Å². The molecule has 15 heavy (non-hydrogen) atoms. The minimum absolute atomic E-state index is 0.294. The highest BCUT2D eigenvalue weighted by molar-refractivity contribution is 6.30. The Morgan fingerprint density at radius 1 is 1.27 bits per heavy atom. The lowest BCUT2D eigenvalue weighted by molar-refractivity contribution is -0.118. The number of alkyl halides is 1. The number of carbonyl (C=O) groups excluding carboxylic acids is 1. The molecule has 0 aromatic heterocycles. The van der Waals surface area contributed by atoms with Crippen molar-refractivity contribution >= 4 is 17.5 Å². The maximum Gasteiger partial charge on any atom is 0.235 e. The van der Waals surface area contributed by atoms with E-state index in [9.17, 15) is 4.79 Å². The molecule has 0 aliphatic heterocycles. The van der Waals surface area contributed by atoms with Crippen LogP contribution in [-0.4, -0.2) is 11.3 Å². The van der Waals surface area contributed by atoms with Crippen LogP contribution in [0.3, 0.4) is 0 Å². The monoisotopic (exact) mass is 231 g/mol. The first-order chi connectivity index (χ1) is 6.82. The number of amides is 1. The van der Waals surface area contributed by atoms with E-state index in [1.54, 1.807) is 0 Å². The van der Waals surface area contributed by atoms with Crippen molar-refractivity contribution in [2.75, 3.05) is 0 Å². The standard InChI is InChI=1S/C12H22ClNO/c1-12(2,3)9-6-4-8(5-7-9)10(13)11(14)15/h8-10H,4-7H2,1-3H3,(H2,14,15). The van der Waals surface area contributed by atoms with E-state index in [1.165, 1.54) is 12.8 Å². The van der Waals surface area contributed by atoms with Gasteiger partial charge in [-0.25, -0.2) is 0 Å². The molecule has 3 heteroatoms. The second kappa shape index (κ2) is 4.73. The van der Waals surface area contributed by atoms with Crippen LogP contribution in [-0.2, 0) is 4.79 Å². The number of nitrogens with two attached hydrogens (primary N) is 1. The number of carbonyl (C=O) groups is 1. The van der Waals surface area contributed by atoms with Crippen molar-refractivity contribution < 1.29 is 4.79 Å². The molecule has 1 aliphatic carbocycles. The molecule has 1 rings (SSSR count). The summed E-state index contributed by atoms with van der Waals surface area (Å²) in [7, 11) is 0. The van der Waals surface area contributed by atoms with Crippen molar-refractivity contribution in [1.82, 2.24) is 0 Å². The van der Waals surface area contributed by atoms with Crippen LogP contribution in [0.2, 0.25) is 0 Å². The van der Waals surface area contributed by atoms with Gasteiger partial charge in [-0.1, -0.05) is 20.8 Å². The fourth-order valence-electron chi connectivity index (χ4n) is 2.51. The Labute approximate surface area is 97.6 Å². The SMILES string of the molecule is CC(C)(C)C1CCC(C(Cl)C(N)=O)CC1. The van der Waals surface area contributed by atoms with Gasteiger partial charge in [0, 0.05) is 0 Å². The highest BCUT2D eigenvalue weighted by Crippen LogP contribution is 2.41. The van der Waals surface area contributed by atoms with E-state index < -0.39 is 5.38 Å².